The highest BCUT2D eigenvalue weighted by atomic mass is 127. The molecule has 0 fully saturated rings. The summed E-state index contributed by atoms with van der Waals surface area (Å²) in [6.07, 6.45) is 3.49. The molecule has 0 unspecified atom stereocenters. The third-order valence-corrected chi connectivity index (χ3v) is 3.78. The average molecular weight is 330 g/mol. The van der Waals surface area contributed by atoms with Crippen LogP contribution in [0.15, 0.2) is 24.3 Å². The van der Waals surface area contributed by atoms with Crippen molar-refractivity contribution in [3.63, 3.8) is 0 Å². The molecule has 0 N–H and O–H groups in total. The lowest BCUT2D eigenvalue weighted by molar-refractivity contribution is 0.828. The first-order valence-electron chi connectivity index (χ1n) is 5.17. The van der Waals surface area contributed by atoms with Gasteiger partial charge >= 0.3 is 0 Å². The van der Waals surface area contributed by atoms with Gasteiger partial charge in [0.1, 0.15) is 0 Å². The van der Waals surface area contributed by atoms with Gasteiger partial charge in [0, 0.05) is 15.7 Å². The standard InChI is InChI=1S/C13H15IS/c1-2-3-4-7-10-15-11-12-8-5-6-9-13(12)14/h5-6,8-9H,2-4,11H2,1H3. The normalized spacial score (nSPS) is 9.47. The van der Waals surface area contributed by atoms with E-state index in [9.17, 15) is 0 Å². The topological polar surface area (TPSA) is 0 Å². The third kappa shape index (κ3) is 5.48. The van der Waals surface area contributed by atoms with Gasteiger partial charge in [0.2, 0.25) is 0 Å². The summed E-state index contributed by atoms with van der Waals surface area (Å²) in [5.41, 5.74) is 1.38. The van der Waals surface area contributed by atoms with E-state index in [0.717, 1.165) is 12.2 Å². The Labute approximate surface area is 110 Å². The van der Waals surface area contributed by atoms with E-state index in [1.165, 1.54) is 22.0 Å². The Morgan fingerprint density at radius 1 is 1.33 bits per heavy atom. The number of rotatable bonds is 4. The van der Waals surface area contributed by atoms with Crippen LogP contribution in [0.25, 0.3) is 0 Å². The second kappa shape index (κ2) is 8.06. The molecule has 0 heterocycles. The van der Waals surface area contributed by atoms with Crippen molar-refractivity contribution in [3.05, 3.63) is 33.4 Å². The zero-order valence-corrected chi connectivity index (χ0v) is 11.9. The lowest BCUT2D eigenvalue weighted by atomic mass is 10.2. The molecule has 0 aliphatic rings. The van der Waals surface area contributed by atoms with Crippen molar-refractivity contribution < 1.29 is 0 Å². The Balaban J connectivity index is 2.30. The van der Waals surface area contributed by atoms with E-state index in [-0.39, 0.29) is 0 Å². The van der Waals surface area contributed by atoms with Crippen molar-refractivity contribution in [2.75, 3.05) is 0 Å². The first-order valence-corrected chi connectivity index (χ1v) is 7.24. The summed E-state index contributed by atoms with van der Waals surface area (Å²) in [5, 5.41) is 3.16. The second-order valence-electron chi connectivity index (χ2n) is 3.26. The van der Waals surface area contributed by atoms with Crippen molar-refractivity contribution in [1.29, 1.82) is 0 Å². The Kier molecular flexibility index (Phi) is 6.95. The van der Waals surface area contributed by atoms with E-state index < -0.39 is 0 Å². The lowest BCUT2D eigenvalue weighted by Gasteiger charge is -1.99. The highest BCUT2D eigenvalue weighted by Gasteiger charge is 1.96. The molecule has 1 aromatic carbocycles. The predicted molar refractivity (Wildman–Crippen MR) is 77.8 cm³/mol. The summed E-state index contributed by atoms with van der Waals surface area (Å²) >= 11 is 4.08. The molecule has 1 rings (SSSR count). The van der Waals surface area contributed by atoms with Crippen molar-refractivity contribution in [2.45, 2.75) is 31.9 Å². The molecule has 1 aromatic rings. The van der Waals surface area contributed by atoms with Gasteiger partial charge in [0.25, 0.3) is 0 Å². The minimum atomic E-state index is 0.998. The molecule has 15 heavy (non-hydrogen) atoms. The van der Waals surface area contributed by atoms with Crippen LogP contribution in [0.1, 0.15) is 31.7 Å². The van der Waals surface area contributed by atoms with E-state index in [4.69, 9.17) is 0 Å². The van der Waals surface area contributed by atoms with Gasteiger partial charge in [-0.05, 0) is 45.9 Å². The first-order chi connectivity index (χ1) is 7.34. The molecule has 0 atom stereocenters. The fourth-order valence-corrected chi connectivity index (χ4v) is 2.62. The van der Waals surface area contributed by atoms with Crippen molar-refractivity contribution in [2.24, 2.45) is 0 Å². The van der Waals surface area contributed by atoms with Crippen LogP contribution in [0, 0.1) is 14.7 Å². The lowest BCUT2D eigenvalue weighted by Crippen LogP contribution is -1.83. The van der Waals surface area contributed by atoms with E-state index in [1.807, 2.05) is 0 Å². The van der Waals surface area contributed by atoms with Crippen LogP contribution in [-0.2, 0) is 5.75 Å². The molecule has 0 aliphatic heterocycles. The largest absolute Gasteiger partial charge is 0.0913 e. The van der Waals surface area contributed by atoms with Crippen LogP contribution in [0.5, 0.6) is 0 Å². The number of unbranched alkanes of at least 4 members (excludes halogenated alkanes) is 2. The highest BCUT2D eigenvalue weighted by molar-refractivity contribution is 14.1. The monoisotopic (exact) mass is 330 g/mol. The van der Waals surface area contributed by atoms with Gasteiger partial charge < -0.3 is 0 Å². The van der Waals surface area contributed by atoms with E-state index in [2.05, 4.69) is 65.0 Å². The molecule has 2 heteroatoms. The molecule has 80 valence electrons. The Bertz CT molecular complexity index is 349. The number of halogens is 1. The van der Waals surface area contributed by atoms with Gasteiger partial charge in [-0.15, -0.1) is 0 Å². The fourth-order valence-electron chi connectivity index (χ4n) is 1.10. The number of hydrogen-bond donors (Lipinski definition) is 0. The van der Waals surface area contributed by atoms with Gasteiger partial charge in [-0.25, -0.2) is 0 Å². The molecular weight excluding hydrogens is 315 g/mol. The van der Waals surface area contributed by atoms with Crippen LogP contribution < -0.4 is 0 Å². The molecule has 0 saturated heterocycles. The fraction of sp³-hybridized carbons (Fsp3) is 0.385. The highest BCUT2D eigenvalue weighted by Crippen LogP contribution is 2.17. The van der Waals surface area contributed by atoms with Gasteiger partial charge in [0.15, 0.2) is 0 Å². The molecular formula is C13H15IS. The summed E-state index contributed by atoms with van der Waals surface area (Å²) in [6.45, 7) is 2.20. The molecule has 0 radical (unpaired) electrons. The summed E-state index contributed by atoms with van der Waals surface area (Å²) in [6, 6.07) is 8.47. The first kappa shape index (κ1) is 12.9. The molecule has 0 aromatic heterocycles. The van der Waals surface area contributed by atoms with Crippen LogP contribution in [0.4, 0.5) is 0 Å². The van der Waals surface area contributed by atoms with Crippen LogP contribution in [0.3, 0.4) is 0 Å². The van der Waals surface area contributed by atoms with Crippen LogP contribution >= 0.6 is 34.4 Å². The van der Waals surface area contributed by atoms with Crippen LogP contribution in [0.2, 0.25) is 0 Å². The van der Waals surface area contributed by atoms with Crippen LogP contribution in [-0.4, -0.2) is 0 Å². The number of hydrogen-bond acceptors (Lipinski definition) is 1. The Hall–Kier alpha value is -0.140. The molecule has 0 nitrogen and oxygen atoms in total. The maximum atomic E-state index is 3.19. The van der Waals surface area contributed by atoms with E-state index in [0.29, 0.717) is 0 Å². The predicted octanol–water partition coefficient (Wildman–Crippen LogP) is 4.68. The van der Waals surface area contributed by atoms with E-state index in [1.54, 1.807) is 11.8 Å². The number of thioether (sulfide) groups is 1. The second-order valence-corrected chi connectivity index (χ2v) is 5.21. The Morgan fingerprint density at radius 3 is 2.87 bits per heavy atom. The maximum Gasteiger partial charge on any atom is 0.0318 e. The number of benzene rings is 1. The zero-order valence-electron chi connectivity index (χ0n) is 8.92. The quantitative estimate of drug-likeness (QED) is 0.439. The summed E-state index contributed by atoms with van der Waals surface area (Å²) < 4.78 is 1.33. The SMILES string of the molecule is CCCCC#CSCc1ccccc1I. The molecule has 0 bridgehead atoms. The summed E-state index contributed by atoms with van der Waals surface area (Å²) in [5.74, 6) is 4.18. The molecule has 0 aliphatic carbocycles. The minimum absolute atomic E-state index is 0.998. The third-order valence-electron chi connectivity index (χ3n) is 1.99. The van der Waals surface area contributed by atoms with Gasteiger partial charge in [-0.2, -0.15) is 0 Å². The average Bonchev–Trinajstić information content (AvgIpc) is 2.25. The van der Waals surface area contributed by atoms with Crippen molar-refractivity contribution in [1.82, 2.24) is 0 Å². The Morgan fingerprint density at radius 2 is 2.13 bits per heavy atom. The smallest absolute Gasteiger partial charge is 0.0318 e. The molecule has 0 spiro atoms. The zero-order chi connectivity index (χ0) is 10.9. The van der Waals surface area contributed by atoms with Gasteiger partial charge in [0.05, 0.1) is 0 Å². The van der Waals surface area contributed by atoms with Gasteiger partial charge in [-0.3, -0.25) is 0 Å². The minimum Gasteiger partial charge on any atom is -0.0913 e. The summed E-state index contributed by atoms with van der Waals surface area (Å²) in [7, 11) is 0. The van der Waals surface area contributed by atoms with Crippen molar-refractivity contribution in [3.8, 4) is 11.2 Å². The maximum absolute atomic E-state index is 3.19. The van der Waals surface area contributed by atoms with Crippen molar-refractivity contribution >= 4 is 34.4 Å². The molecule has 0 saturated carbocycles. The summed E-state index contributed by atoms with van der Waals surface area (Å²) in [4.78, 5) is 0. The van der Waals surface area contributed by atoms with Gasteiger partial charge in [-0.1, -0.05) is 49.2 Å². The molecule has 0 amide bonds. The van der Waals surface area contributed by atoms with E-state index >= 15 is 0 Å².